The van der Waals surface area contributed by atoms with Crippen LogP contribution in [0.2, 0.25) is 0 Å². The van der Waals surface area contributed by atoms with Gasteiger partial charge in [0.05, 0.1) is 0 Å². The average molecular weight is 306 g/mol. The zero-order valence-electron chi connectivity index (χ0n) is 11.8. The second kappa shape index (κ2) is 6.18. The van der Waals surface area contributed by atoms with E-state index in [1.165, 1.54) is 12.1 Å². The summed E-state index contributed by atoms with van der Waals surface area (Å²) < 4.78 is 26.8. The van der Waals surface area contributed by atoms with Gasteiger partial charge in [0.15, 0.2) is 0 Å². The standard InChI is InChI=1S/C16H16F2N2S/c1-9-5-11(6-10(2)15(9)18)8-20-14-4-3-12(17)7-13(14)16(19)21/h3-7,20H,8H2,1-2H3,(H2,19,21). The molecule has 0 amide bonds. The molecule has 0 saturated carbocycles. The van der Waals surface area contributed by atoms with Gasteiger partial charge in [0.1, 0.15) is 16.6 Å². The molecule has 0 spiro atoms. The summed E-state index contributed by atoms with van der Waals surface area (Å²) in [7, 11) is 0. The van der Waals surface area contributed by atoms with Crippen LogP contribution in [0, 0.1) is 25.5 Å². The number of halogens is 2. The summed E-state index contributed by atoms with van der Waals surface area (Å²) in [6.07, 6.45) is 0. The lowest BCUT2D eigenvalue weighted by atomic mass is 10.1. The van der Waals surface area contributed by atoms with Crippen LogP contribution in [0.1, 0.15) is 22.3 Å². The van der Waals surface area contributed by atoms with Gasteiger partial charge in [-0.25, -0.2) is 8.78 Å². The molecule has 5 heteroatoms. The van der Waals surface area contributed by atoms with E-state index < -0.39 is 5.82 Å². The first-order chi connectivity index (χ1) is 9.88. The van der Waals surface area contributed by atoms with Gasteiger partial charge in [-0.15, -0.1) is 0 Å². The van der Waals surface area contributed by atoms with E-state index in [0.29, 0.717) is 28.9 Å². The molecule has 0 bridgehead atoms. The number of thiocarbonyl (C=S) groups is 1. The summed E-state index contributed by atoms with van der Waals surface area (Å²) in [6, 6.07) is 7.78. The molecule has 2 rings (SSSR count). The molecule has 21 heavy (non-hydrogen) atoms. The minimum atomic E-state index is -0.392. The summed E-state index contributed by atoms with van der Waals surface area (Å²) in [5.41, 5.74) is 8.84. The van der Waals surface area contributed by atoms with Crippen LogP contribution in [0.3, 0.4) is 0 Å². The molecule has 3 N–H and O–H groups in total. The van der Waals surface area contributed by atoms with Crippen molar-refractivity contribution in [2.45, 2.75) is 20.4 Å². The third-order valence-electron chi connectivity index (χ3n) is 3.23. The van der Waals surface area contributed by atoms with Crippen molar-refractivity contribution in [2.24, 2.45) is 5.73 Å². The number of hydrogen-bond acceptors (Lipinski definition) is 2. The van der Waals surface area contributed by atoms with Crippen molar-refractivity contribution in [2.75, 3.05) is 5.32 Å². The van der Waals surface area contributed by atoms with Crippen LogP contribution in [0.5, 0.6) is 0 Å². The number of anilines is 1. The van der Waals surface area contributed by atoms with Crippen LogP contribution < -0.4 is 11.1 Å². The molecule has 2 aromatic rings. The first-order valence-electron chi connectivity index (χ1n) is 6.47. The topological polar surface area (TPSA) is 38.0 Å². The predicted octanol–water partition coefficient (Wildman–Crippen LogP) is 3.83. The normalized spacial score (nSPS) is 10.5. The highest BCUT2D eigenvalue weighted by atomic mass is 32.1. The van der Waals surface area contributed by atoms with Gasteiger partial charge in [0.25, 0.3) is 0 Å². The highest BCUT2D eigenvalue weighted by Gasteiger charge is 2.08. The molecule has 2 nitrogen and oxygen atoms in total. The van der Waals surface area contributed by atoms with Gasteiger partial charge in [-0.3, -0.25) is 0 Å². The Hall–Kier alpha value is -2.01. The minimum absolute atomic E-state index is 0.128. The third kappa shape index (κ3) is 3.55. The van der Waals surface area contributed by atoms with Crippen molar-refractivity contribution in [3.05, 3.63) is 64.2 Å². The van der Waals surface area contributed by atoms with Gasteiger partial charge in [-0.2, -0.15) is 0 Å². The zero-order valence-corrected chi connectivity index (χ0v) is 12.7. The van der Waals surface area contributed by atoms with Crippen LogP contribution in [-0.4, -0.2) is 4.99 Å². The van der Waals surface area contributed by atoms with Crippen molar-refractivity contribution in [3.63, 3.8) is 0 Å². The van der Waals surface area contributed by atoms with Gasteiger partial charge in [0, 0.05) is 17.8 Å². The van der Waals surface area contributed by atoms with Crippen LogP contribution in [0.25, 0.3) is 0 Å². The Morgan fingerprint density at radius 2 is 1.76 bits per heavy atom. The smallest absolute Gasteiger partial charge is 0.129 e. The van der Waals surface area contributed by atoms with Gasteiger partial charge >= 0.3 is 0 Å². The molecule has 0 saturated heterocycles. The molecule has 0 fully saturated rings. The summed E-state index contributed by atoms with van der Waals surface area (Å²) in [4.78, 5) is 0.128. The Balaban J connectivity index is 2.22. The van der Waals surface area contributed by atoms with E-state index in [-0.39, 0.29) is 10.8 Å². The molecule has 0 aromatic heterocycles. The number of rotatable bonds is 4. The van der Waals surface area contributed by atoms with Gasteiger partial charge < -0.3 is 11.1 Å². The highest BCUT2D eigenvalue weighted by molar-refractivity contribution is 7.80. The van der Waals surface area contributed by atoms with Crippen molar-refractivity contribution in [1.82, 2.24) is 0 Å². The maximum atomic E-state index is 13.6. The molecular formula is C16H16F2N2S. The highest BCUT2D eigenvalue weighted by Crippen LogP contribution is 2.20. The number of hydrogen-bond donors (Lipinski definition) is 2. The molecule has 0 aliphatic carbocycles. The number of nitrogens with one attached hydrogen (secondary N) is 1. The van der Waals surface area contributed by atoms with Crippen LogP contribution >= 0.6 is 12.2 Å². The molecule has 110 valence electrons. The quantitative estimate of drug-likeness (QED) is 0.843. The molecule has 0 unspecified atom stereocenters. The minimum Gasteiger partial charge on any atom is -0.389 e. The van der Waals surface area contributed by atoms with E-state index in [0.717, 1.165) is 5.56 Å². The average Bonchev–Trinajstić information content (AvgIpc) is 2.43. The van der Waals surface area contributed by atoms with Crippen LogP contribution in [0.4, 0.5) is 14.5 Å². The first-order valence-corrected chi connectivity index (χ1v) is 6.88. The number of nitrogens with two attached hydrogens (primary N) is 1. The lowest BCUT2D eigenvalue weighted by Gasteiger charge is -2.13. The maximum absolute atomic E-state index is 13.6. The van der Waals surface area contributed by atoms with E-state index in [2.05, 4.69) is 5.32 Å². The van der Waals surface area contributed by atoms with E-state index >= 15 is 0 Å². The summed E-state index contributed by atoms with van der Waals surface area (Å²) in [6.45, 7) is 3.93. The first kappa shape index (κ1) is 15.4. The van der Waals surface area contributed by atoms with Crippen LogP contribution in [-0.2, 0) is 6.54 Å². The molecule has 0 aliphatic rings. The Morgan fingerprint density at radius 1 is 1.14 bits per heavy atom. The fourth-order valence-corrected chi connectivity index (χ4v) is 2.38. The summed E-state index contributed by atoms with van der Waals surface area (Å²) in [5, 5.41) is 3.16. The van der Waals surface area contributed by atoms with E-state index in [1.54, 1.807) is 32.0 Å². The van der Waals surface area contributed by atoms with Crippen LogP contribution in [0.15, 0.2) is 30.3 Å². The largest absolute Gasteiger partial charge is 0.389 e. The van der Waals surface area contributed by atoms with Crippen molar-refractivity contribution >= 4 is 22.9 Å². The SMILES string of the molecule is Cc1cc(CNc2ccc(F)cc2C(N)=S)cc(C)c1F. The maximum Gasteiger partial charge on any atom is 0.129 e. The van der Waals surface area contributed by atoms with Crippen molar-refractivity contribution < 1.29 is 8.78 Å². The molecule has 0 atom stereocenters. The third-order valence-corrected chi connectivity index (χ3v) is 3.45. The van der Waals surface area contributed by atoms with Crippen molar-refractivity contribution in [1.29, 1.82) is 0 Å². The van der Waals surface area contributed by atoms with E-state index in [1.807, 2.05) is 0 Å². The predicted molar refractivity (Wildman–Crippen MR) is 85.5 cm³/mol. The molecule has 0 heterocycles. The second-order valence-electron chi connectivity index (χ2n) is 4.95. The second-order valence-corrected chi connectivity index (χ2v) is 5.39. The zero-order chi connectivity index (χ0) is 15.6. The number of aryl methyl sites for hydroxylation is 2. The Labute approximate surface area is 128 Å². The fraction of sp³-hybridized carbons (Fsp3) is 0.188. The van der Waals surface area contributed by atoms with Gasteiger partial charge in [-0.05, 0) is 48.7 Å². The van der Waals surface area contributed by atoms with E-state index in [9.17, 15) is 8.78 Å². The Morgan fingerprint density at radius 3 is 2.33 bits per heavy atom. The molecular weight excluding hydrogens is 290 g/mol. The Kier molecular flexibility index (Phi) is 4.53. The molecule has 2 aromatic carbocycles. The fourth-order valence-electron chi connectivity index (χ4n) is 2.21. The Bertz CT molecular complexity index is 676. The van der Waals surface area contributed by atoms with Crippen molar-refractivity contribution in [3.8, 4) is 0 Å². The number of benzene rings is 2. The lowest BCUT2D eigenvalue weighted by molar-refractivity contribution is 0.608. The van der Waals surface area contributed by atoms with E-state index in [4.69, 9.17) is 18.0 Å². The summed E-state index contributed by atoms with van der Waals surface area (Å²) >= 11 is 4.92. The molecule has 0 aliphatic heterocycles. The van der Waals surface area contributed by atoms with Gasteiger partial charge in [-0.1, -0.05) is 24.4 Å². The molecule has 0 radical (unpaired) electrons. The van der Waals surface area contributed by atoms with Gasteiger partial charge in [0.2, 0.25) is 0 Å². The summed E-state index contributed by atoms with van der Waals surface area (Å²) in [5.74, 6) is -0.582. The lowest BCUT2D eigenvalue weighted by Crippen LogP contribution is -2.13. The monoisotopic (exact) mass is 306 g/mol.